The van der Waals surface area contributed by atoms with Crippen LogP contribution in [-0.2, 0) is 11.3 Å². The van der Waals surface area contributed by atoms with Gasteiger partial charge in [-0.2, -0.15) is 5.10 Å². The average Bonchev–Trinajstić information content (AvgIpc) is 3.36. The van der Waals surface area contributed by atoms with Crippen molar-refractivity contribution in [3.8, 4) is 0 Å². The van der Waals surface area contributed by atoms with E-state index in [1.54, 1.807) is 17.6 Å². The maximum Gasteiger partial charge on any atom is 0.250 e. The first-order valence-corrected chi connectivity index (χ1v) is 11.1. The van der Waals surface area contributed by atoms with E-state index in [4.69, 9.17) is 16.6 Å². The largest absolute Gasteiger partial charge is 0.314 e. The molecule has 2 aromatic carbocycles. The highest BCUT2D eigenvalue weighted by Crippen LogP contribution is 2.27. The van der Waals surface area contributed by atoms with Gasteiger partial charge in [0.25, 0.3) is 5.91 Å². The van der Waals surface area contributed by atoms with Crippen LogP contribution >= 0.6 is 34.7 Å². The van der Waals surface area contributed by atoms with E-state index in [9.17, 15) is 4.79 Å². The smallest absolute Gasteiger partial charge is 0.250 e. The van der Waals surface area contributed by atoms with Gasteiger partial charge in [-0.3, -0.25) is 4.79 Å². The van der Waals surface area contributed by atoms with Crippen LogP contribution in [0.15, 0.2) is 76.3 Å². The molecule has 0 atom stereocenters. The number of hydrogen-bond donors (Lipinski definition) is 1. The first-order chi connectivity index (χ1) is 14.2. The first kappa shape index (κ1) is 19.7. The van der Waals surface area contributed by atoms with Crippen LogP contribution in [0.5, 0.6) is 0 Å². The summed E-state index contributed by atoms with van der Waals surface area (Å²) in [5.74, 6) is 0.0346. The molecule has 2 heterocycles. The van der Waals surface area contributed by atoms with Crippen molar-refractivity contribution in [3.63, 3.8) is 0 Å². The summed E-state index contributed by atoms with van der Waals surface area (Å²) in [4.78, 5) is 17.9. The minimum absolute atomic E-state index is 0.181. The van der Waals surface area contributed by atoms with Crippen molar-refractivity contribution < 1.29 is 4.79 Å². The molecule has 0 saturated heterocycles. The van der Waals surface area contributed by atoms with Gasteiger partial charge in [0.1, 0.15) is 0 Å². The maximum absolute atomic E-state index is 12.2. The Bertz CT molecular complexity index is 1150. The Hall–Kier alpha value is -2.61. The van der Waals surface area contributed by atoms with Crippen LogP contribution in [-0.4, -0.2) is 27.4 Å². The summed E-state index contributed by atoms with van der Waals surface area (Å²) in [6.07, 6.45) is 1.64. The van der Waals surface area contributed by atoms with Crippen molar-refractivity contribution in [3.05, 3.63) is 81.5 Å². The number of aromatic nitrogens is 2. The number of thioether (sulfide) groups is 1. The molecule has 1 amide bonds. The van der Waals surface area contributed by atoms with Crippen molar-refractivity contribution in [2.45, 2.75) is 11.7 Å². The molecule has 0 radical (unpaired) electrons. The number of nitrogens with one attached hydrogen (secondary N) is 1. The van der Waals surface area contributed by atoms with E-state index in [0.29, 0.717) is 11.6 Å². The second-order valence-corrected chi connectivity index (χ2v) is 8.49. The Morgan fingerprint density at radius 1 is 1.17 bits per heavy atom. The zero-order valence-electron chi connectivity index (χ0n) is 15.3. The number of amides is 1. The van der Waals surface area contributed by atoms with Crippen LogP contribution in [0.1, 0.15) is 10.4 Å². The molecular weight excluding hydrogens is 424 g/mol. The van der Waals surface area contributed by atoms with Crippen LogP contribution in [0.3, 0.4) is 0 Å². The quantitative estimate of drug-likeness (QED) is 0.249. The van der Waals surface area contributed by atoms with E-state index in [1.807, 2.05) is 66.0 Å². The molecule has 0 spiro atoms. The molecule has 4 rings (SSSR count). The molecular formula is C21H17ClN4OS2. The molecule has 2 aromatic heterocycles. The SMILES string of the molecule is O=C(CSc1nc2ccccc2n1Cc1ccccc1Cl)NN=Cc1cccs1. The number of carbonyl (C=O) groups excluding carboxylic acids is 1. The second kappa shape index (κ2) is 9.26. The van der Waals surface area contributed by atoms with E-state index in [2.05, 4.69) is 15.1 Å². The van der Waals surface area contributed by atoms with Crippen molar-refractivity contribution in [1.82, 2.24) is 15.0 Å². The summed E-state index contributed by atoms with van der Waals surface area (Å²) in [5, 5.41) is 7.44. The lowest BCUT2D eigenvalue weighted by Crippen LogP contribution is -2.20. The zero-order valence-corrected chi connectivity index (χ0v) is 17.7. The molecule has 8 heteroatoms. The Balaban J connectivity index is 1.49. The summed E-state index contributed by atoms with van der Waals surface area (Å²) < 4.78 is 2.09. The number of hydrazone groups is 1. The third-order valence-electron chi connectivity index (χ3n) is 4.16. The monoisotopic (exact) mass is 440 g/mol. The van der Waals surface area contributed by atoms with E-state index in [1.165, 1.54) is 11.8 Å². The highest BCUT2D eigenvalue weighted by atomic mass is 35.5. The standard InChI is InChI=1S/C21H17ClN4OS2/c22-17-8-2-1-6-15(17)13-26-19-10-4-3-9-18(19)24-21(26)29-14-20(27)25-23-12-16-7-5-11-28-16/h1-12H,13-14H2,(H,25,27). The predicted molar refractivity (Wildman–Crippen MR) is 121 cm³/mol. The maximum atomic E-state index is 12.2. The Kier molecular flexibility index (Phi) is 6.29. The lowest BCUT2D eigenvalue weighted by atomic mass is 10.2. The highest BCUT2D eigenvalue weighted by molar-refractivity contribution is 7.99. The molecule has 5 nitrogen and oxygen atoms in total. The van der Waals surface area contributed by atoms with Crippen LogP contribution in [0.25, 0.3) is 11.0 Å². The number of hydrogen-bond acceptors (Lipinski definition) is 5. The van der Waals surface area contributed by atoms with Crippen LogP contribution in [0.2, 0.25) is 5.02 Å². The number of para-hydroxylation sites is 2. The van der Waals surface area contributed by atoms with Gasteiger partial charge in [0.15, 0.2) is 5.16 Å². The fourth-order valence-electron chi connectivity index (χ4n) is 2.81. The zero-order chi connectivity index (χ0) is 20.1. The first-order valence-electron chi connectivity index (χ1n) is 8.87. The number of thiophene rings is 1. The Labute approximate surface area is 181 Å². The van der Waals surface area contributed by atoms with Crippen LogP contribution < -0.4 is 5.43 Å². The Morgan fingerprint density at radius 3 is 2.83 bits per heavy atom. The van der Waals surface area contributed by atoms with E-state index in [-0.39, 0.29) is 11.7 Å². The van der Waals surface area contributed by atoms with Crippen molar-refractivity contribution in [1.29, 1.82) is 0 Å². The molecule has 29 heavy (non-hydrogen) atoms. The molecule has 0 bridgehead atoms. The van der Waals surface area contributed by atoms with Crippen LogP contribution in [0.4, 0.5) is 0 Å². The molecule has 0 fully saturated rings. The molecule has 146 valence electrons. The molecule has 0 unspecified atom stereocenters. The molecule has 0 aliphatic carbocycles. The highest BCUT2D eigenvalue weighted by Gasteiger charge is 2.14. The number of benzene rings is 2. The van der Waals surface area contributed by atoms with E-state index >= 15 is 0 Å². The number of halogens is 1. The van der Waals surface area contributed by atoms with Gasteiger partial charge >= 0.3 is 0 Å². The number of rotatable bonds is 7. The van der Waals surface area contributed by atoms with Gasteiger partial charge < -0.3 is 4.57 Å². The predicted octanol–water partition coefficient (Wildman–Crippen LogP) is 5.04. The molecule has 1 N–H and O–H groups in total. The Morgan fingerprint density at radius 2 is 2.00 bits per heavy atom. The molecule has 0 aliphatic rings. The molecule has 0 aliphatic heterocycles. The average molecular weight is 441 g/mol. The third-order valence-corrected chi connectivity index (χ3v) is 6.31. The summed E-state index contributed by atoms with van der Waals surface area (Å²) >= 11 is 9.29. The van der Waals surface area contributed by atoms with Gasteiger partial charge in [0.05, 0.1) is 29.5 Å². The number of fused-ring (bicyclic) bond motifs is 1. The van der Waals surface area contributed by atoms with Crippen molar-refractivity contribution in [2.75, 3.05) is 5.75 Å². The molecule has 4 aromatic rings. The van der Waals surface area contributed by atoms with Gasteiger partial charge in [-0.25, -0.2) is 10.4 Å². The van der Waals surface area contributed by atoms with Gasteiger partial charge in [-0.05, 0) is 35.2 Å². The lowest BCUT2D eigenvalue weighted by molar-refractivity contribution is -0.118. The summed E-state index contributed by atoms with van der Waals surface area (Å²) in [7, 11) is 0. The van der Waals surface area contributed by atoms with Gasteiger partial charge in [0, 0.05) is 9.90 Å². The van der Waals surface area contributed by atoms with E-state index in [0.717, 1.165) is 26.6 Å². The summed E-state index contributed by atoms with van der Waals surface area (Å²) in [5.41, 5.74) is 5.46. The van der Waals surface area contributed by atoms with E-state index < -0.39 is 0 Å². The fraction of sp³-hybridized carbons (Fsp3) is 0.0952. The molecule has 0 saturated carbocycles. The third kappa shape index (κ3) is 4.87. The number of nitrogens with zero attached hydrogens (tertiary/aromatic N) is 3. The lowest BCUT2D eigenvalue weighted by Gasteiger charge is -2.10. The minimum Gasteiger partial charge on any atom is -0.314 e. The topological polar surface area (TPSA) is 59.3 Å². The van der Waals surface area contributed by atoms with Crippen molar-refractivity contribution >= 4 is 57.9 Å². The van der Waals surface area contributed by atoms with Gasteiger partial charge in [0.2, 0.25) is 0 Å². The second-order valence-electron chi connectivity index (χ2n) is 6.16. The van der Waals surface area contributed by atoms with Gasteiger partial charge in [-0.1, -0.05) is 59.8 Å². The van der Waals surface area contributed by atoms with Crippen LogP contribution in [0, 0.1) is 0 Å². The van der Waals surface area contributed by atoms with Gasteiger partial charge in [-0.15, -0.1) is 11.3 Å². The fourth-order valence-corrected chi connectivity index (χ4v) is 4.40. The number of carbonyl (C=O) groups is 1. The number of imidazole rings is 1. The summed E-state index contributed by atoms with van der Waals surface area (Å²) in [6.45, 7) is 0.584. The van der Waals surface area contributed by atoms with Crippen molar-refractivity contribution in [2.24, 2.45) is 5.10 Å². The minimum atomic E-state index is -0.181. The summed E-state index contributed by atoms with van der Waals surface area (Å²) in [6, 6.07) is 19.5. The normalized spacial score (nSPS) is 11.3.